The van der Waals surface area contributed by atoms with Gasteiger partial charge in [0.25, 0.3) is 0 Å². The van der Waals surface area contributed by atoms with Gasteiger partial charge >= 0.3 is 0 Å². The topological polar surface area (TPSA) is 38.7 Å². The van der Waals surface area contributed by atoms with Gasteiger partial charge in [-0.2, -0.15) is 0 Å². The molecular formula is C10H14O3. The van der Waals surface area contributed by atoms with Gasteiger partial charge < -0.3 is 14.6 Å². The van der Waals surface area contributed by atoms with E-state index in [0.717, 1.165) is 6.42 Å². The number of hydrogen-bond acceptors (Lipinski definition) is 3. The van der Waals surface area contributed by atoms with Gasteiger partial charge in [0.05, 0.1) is 13.7 Å². The summed E-state index contributed by atoms with van der Waals surface area (Å²) in [6.45, 7) is 2.69. The Morgan fingerprint density at radius 2 is 2.08 bits per heavy atom. The number of ether oxygens (including phenoxy) is 2. The highest BCUT2D eigenvalue weighted by Gasteiger charge is 2.03. The lowest BCUT2D eigenvalue weighted by atomic mass is 10.3. The van der Waals surface area contributed by atoms with E-state index in [4.69, 9.17) is 14.6 Å². The average Bonchev–Trinajstić information content (AvgIpc) is 2.16. The molecule has 0 aliphatic heterocycles. The summed E-state index contributed by atoms with van der Waals surface area (Å²) in [4.78, 5) is 0. The van der Waals surface area contributed by atoms with Crippen LogP contribution in [0.2, 0.25) is 0 Å². The van der Waals surface area contributed by atoms with Crippen molar-refractivity contribution in [3.05, 3.63) is 18.2 Å². The molecule has 0 radical (unpaired) electrons. The minimum atomic E-state index is 0.181. The van der Waals surface area contributed by atoms with Crippen LogP contribution < -0.4 is 9.47 Å². The number of methoxy groups -OCH3 is 1. The second kappa shape index (κ2) is 4.60. The highest BCUT2D eigenvalue weighted by atomic mass is 16.5. The summed E-state index contributed by atoms with van der Waals surface area (Å²) >= 11 is 0. The van der Waals surface area contributed by atoms with E-state index in [9.17, 15) is 0 Å². The Hall–Kier alpha value is -1.38. The lowest BCUT2D eigenvalue weighted by Gasteiger charge is -2.09. The molecule has 0 bridgehead atoms. The number of benzene rings is 1. The van der Waals surface area contributed by atoms with Crippen molar-refractivity contribution in [3.8, 4) is 17.2 Å². The summed E-state index contributed by atoms with van der Waals surface area (Å²) in [6, 6.07) is 4.81. The van der Waals surface area contributed by atoms with Crippen LogP contribution >= 0.6 is 0 Å². The van der Waals surface area contributed by atoms with Crippen LogP contribution in [0.15, 0.2) is 18.2 Å². The van der Waals surface area contributed by atoms with Crippen LogP contribution in [0, 0.1) is 0 Å². The largest absolute Gasteiger partial charge is 0.508 e. The number of phenolic OH excluding ortho intramolecular Hbond substituents is 1. The van der Waals surface area contributed by atoms with E-state index in [1.54, 1.807) is 19.2 Å². The number of aromatic hydroxyl groups is 1. The summed E-state index contributed by atoms with van der Waals surface area (Å²) in [7, 11) is 1.55. The third kappa shape index (κ3) is 2.54. The van der Waals surface area contributed by atoms with Crippen LogP contribution in [0.25, 0.3) is 0 Å². The summed E-state index contributed by atoms with van der Waals surface area (Å²) in [6.07, 6.45) is 0.948. The fourth-order valence-corrected chi connectivity index (χ4v) is 0.988. The van der Waals surface area contributed by atoms with E-state index in [1.807, 2.05) is 6.92 Å². The maximum absolute atomic E-state index is 9.16. The van der Waals surface area contributed by atoms with Crippen molar-refractivity contribution < 1.29 is 14.6 Å². The summed E-state index contributed by atoms with van der Waals surface area (Å²) < 4.78 is 10.4. The van der Waals surface area contributed by atoms with Gasteiger partial charge in [-0.05, 0) is 18.6 Å². The third-order valence-electron chi connectivity index (χ3n) is 1.61. The highest BCUT2D eigenvalue weighted by molar-refractivity contribution is 5.44. The number of hydrogen-bond donors (Lipinski definition) is 1. The zero-order valence-corrected chi connectivity index (χ0v) is 7.91. The predicted octanol–water partition coefficient (Wildman–Crippen LogP) is 2.19. The molecule has 0 spiro atoms. The fraction of sp³-hybridized carbons (Fsp3) is 0.400. The van der Waals surface area contributed by atoms with E-state index < -0.39 is 0 Å². The van der Waals surface area contributed by atoms with Crippen molar-refractivity contribution in [1.29, 1.82) is 0 Å². The minimum absolute atomic E-state index is 0.181. The zero-order valence-electron chi connectivity index (χ0n) is 7.91. The Kier molecular flexibility index (Phi) is 3.43. The van der Waals surface area contributed by atoms with Crippen molar-refractivity contribution in [3.63, 3.8) is 0 Å². The predicted molar refractivity (Wildman–Crippen MR) is 50.4 cm³/mol. The van der Waals surface area contributed by atoms with Gasteiger partial charge in [0.1, 0.15) is 5.75 Å². The van der Waals surface area contributed by atoms with Crippen LogP contribution in [-0.4, -0.2) is 18.8 Å². The molecule has 3 heteroatoms. The van der Waals surface area contributed by atoms with E-state index in [2.05, 4.69) is 0 Å². The highest BCUT2D eigenvalue weighted by Crippen LogP contribution is 2.30. The molecule has 0 unspecified atom stereocenters. The van der Waals surface area contributed by atoms with Crippen molar-refractivity contribution in [2.75, 3.05) is 13.7 Å². The van der Waals surface area contributed by atoms with Crippen LogP contribution in [0.3, 0.4) is 0 Å². The maximum atomic E-state index is 9.16. The fourth-order valence-electron chi connectivity index (χ4n) is 0.988. The zero-order chi connectivity index (χ0) is 9.68. The molecule has 3 nitrogen and oxygen atoms in total. The minimum Gasteiger partial charge on any atom is -0.508 e. The normalized spacial score (nSPS) is 9.69. The molecule has 0 amide bonds. The molecule has 0 saturated carbocycles. The molecule has 0 atom stereocenters. The Balaban J connectivity index is 2.79. The van der Waals surface area contributed by atoms with E-state index >= 15 is 0 Å². The third-order valence-corrected chi connectivity index (χ3v) is 1.61. The lowest BCUT2D eigenvalue weighted by Crippen LogP contribution is -1.97. The van der Waals surface area contributed by atoms with Gasteiger partial charge in [0.2, 0.25) is 0 Å². The van der Waals surface area contributed by atoms with Gasteiger partial charge in [-0.1, -0.05) is 6.92 Å². The molecule has 13 heavy (non-hydrogen) atoms. The summed E-state index contributed by atoms with van der Waals surface area (Å²) in [5.41, 5.74) is 0. The molecule has 0 aromatic heterocycles. The molecular weight excluding hydrogens is 168 g/mol. The van der Waals surface area contributed by atoms with Gasteiger partial charge in [0, 0.05) is 6.07 Å². The molecule has 0 fully saturated rings. The standard InChI is InChI=1S/C10H14O3/c1-3-6-13-9-5-4-8(11)7-10(9)12-2/h4-5,7,11H,3,6H2,1-2H3. The molecule has 1 aromatic carbocycles. The Morgan fingerprint density at radius 1 is 1.31 bits per heavy atom. The van der Waals surface area contributed by atoms with Crippen molar-refractivity contribution in [1.82, 2.24) is 0 Å². The second-order valence-electron chi connectivity index (χ2n) is 2.68. The SMILES string of the molecule is CCCOc1ccc(O)cc1OC. The molecule has 1 N–H and O–H groups in total. The van der Waals surface area contributed by atoms with E-state index in [1.165, 1.54) is 6.07 Å². The van der Waals surface area contributed by atoms with Crippen LogP contribution in [0.5, 0.6) is 17.2 Å². The average molecular weight is 182 g/mol. The monoisotopic (exact) mass is 182 g/mol. The van der Waals surface area contributed by atoms with Crippen LogP contribution in [-0.2, 0) is 0 Å². The van der Waals surface area contributed by atoms with Crippen molar-refractivity contribution in [2.45, 2.75) is 13.3 Å². The molecule has 72 valence electrons. The second-order valence-corrected chi connectivity index (χ2v) is 2.68. The quantitative estimate of drug-likeness (QED) is 0.775. The Bertz CT molecular complexity index is 271. The molecule has 1 aromatic rings. The molecule has 0 saturated heterocycles. The Labute approximate surface area is 77.9 Å². The lowest BCUT2D eigenvalue weighted by molar-refractivity contribution is 0.293. The first kappa shape index (κ1) is 9.71. The molecule has 0 heterocycles. The molecule has 1 rings (SSSR count). The van der Waals surface area contributed by atoms with Crippen molar-refractivity contribution in [2.24, 2.45) is 0 Å². The van der Waals surface area contributed by atoms with Gasteiger partial charge in [-0.25, -0.2) is 0 Å². The number of rotatable bonds is 4. The van der Waals surface area contributed by atoms with Gasteiger partial charge in [0.15, 0.2) is 11.5 Å². The van der Waals surface area contributed by atoms with E-state index in [0.29, 0.717) is 18.1 Å². The molecule has 0 aliphatic rings. The molecule has 0 aliphatic carbocycles. The van der Waals surface area contributed by atoms with E-state index in [-0.39, 0.29) is 5.75 Å². The smallest absolute Gasteiger partial charge is 0.164 e. The maximum Gasteiger partial charge on any atom is 0.164 e. The first-order valence-corrected chi connectivity index (χ1v) is 4.27. The first-order valence-electron chi connectivity index (χ1n) is 4.27. The Morgan fingerprint density at radius 3 is 2.69 bits per heavy atom. The van der Waals surface area contributed by atoms with Crippen LogP contribution in [0.4, 0.5) is 0 Å². The number of phenols is 1. The van der Waals surface area contributed by atoms with Crippen LogP contribution in [0.1, 0.15) is 13.3 Å². The summed E-state index contributed by atoms with van der Waals surface area (Å²) in [5.74, 6) is 1.41. The van der Waals surface area contributed by atoms with Gasteiger partial charge in [-0.15, -0.1) is 0 Å². The summed E-state index contributed by atoms with van der Waals surface area (Å²) in [5, 5.41) is 9.16. The van der Waals surface area contributed by atoms with Crippen molar-refractivity contribution >= 4 is 0 Å². The van der Waals surface area contributed by atoms with Gasteiger partial charge in [-0.3, -0.25) is 0 Å². The first-order chi connectivity index (χ1) is 6.27.